The molecule has 0 bridgehead atoms. The Morgan fingerprint density at radius 3 is 2.48 bits per heavy atom. The Labute approximate surface area is 201 Å². The molecule has 33 heavy (non-hydrogen) atoms. The first kappa shape index (κ1) is 22.2. The first-order valence-electron chi connectivity index (χ1n) is 12.2. The Morgan fingerprint density at radius 1 is 0.879 bits per heavy atom. The standard InChI is InChI=1S/C30H33NOS/c1-22-19-29(33-21-22)30(28-12-8-10-24-9-4-5-11-27(24)28)26-14-13-25(20-23(26)2)32-18-17-31-15-6-3-7-16-31/h4-5,8-14,19-21,30H,3,6-7,15-18H2,1-2H3. The SMILES string of the molecule is Cc1csc(C(c2ccc(OCCN3CCCCC3)cc2C)c2cccc3ccccc23)c1. The van der Waals surface area contributed by atoms with Gasteiger partial charge in [0, 0.05) is 17.3 Å². The first-order valence-corrected chi connectivity index (χ1v) is 13.1. The molecular formula is C30H33NOS. The molecule has 5 rings (SSSR count). The van der Waals surface area contributed by atoms with E-state index in [0.717, 1.165) is 18.9 Å². The Bertz CT molecular complexity index is 1220. The number of hydrogen-bond donors (Lipinski definition) is 0. The van der Waals surface area contributed by atoms with Crippen molar-refractivity contribution in [1.29, 1.82) is 0 Å². The van der Waals surface area contributed by atoms with Gasteiger partial charge < -0.3 is 4.74 Å². The minimum atomic E-state index is 0.220. The van der Waals surface area contributed by atoms with Crippen molar-refractivity contribution >= 4 is 22.1 Å². The lowest BCUT2D eigenvalue weighted by molar-refractivity contribution is 0.183. The van der Waals surface area contributed by atoms with Crippen LogP contribution in [-0.2, 0) is 0 Å². The van der Waals surface area contributed by atoms with Crippen LogP contribution in [0.5, 0.6) is 5.75 Å². The molecule has 1 aliphatic rings. The van der Waals surface area contributed by atoms with Gasteiger partial charge in [0.05, 0.1) is 0 Å². The Hall–Kier alpha value is -2.62. The quantitative estimate of drug-likeness (QED) is 0.285. The zero-order valence-electron chi connectivity index (χ0n) is 19.7. The molecule has 1 saturated heterocycles. The number of benzene rings is 3. The molecule has 1 atom stereocenters. The zero-order chi connectivity index (χ0) is 22.6. The van der Waals surface area contributed by atoms with E-state index < -0.39 is 0 Å². The summed E-state index contributed by atoms with van der Waals surface area (Å²) < 4.78 is 6.17. The second-order valence-corrected chi connectivity index (χ2v) is 10.2. The van der Waals surface area contributed by atoms with Crippen LogP contribution in [0.15, 0.2) is 72.1 Å². The van der Waals surface area contributed by atoms with E-state index in [1.165, 1.54) is 70.3 Å². The van der Waals surface area contributed by atoms with Gasteiger partial charge in [0.25, 0.3) is 0 Å². The van der Waals surface area contributed by atoms with Gasteiger partial charge in [0.1, 0.15) is 12.4 Å². The van der Waals surface area contributed by atoms with Crippen molar-refractivity contribution in [2.45, 2.75) is 39.0 Å². The number of ether oxygens (including phenoxy) is 1. The second kappa shape index (κ2) is 10.1. The van der Waals surface area contributed by atoms with Crippen molar-refractivity contribution in [3.8, 4) is 5.75 Å². The van der Waals surface area contributed by atoms with Gasteiger partial charge in [0.2, 0.25) is 0 Å². The second-order valence-electron chi connectivity index (χ2n) is 9.30. The van der Waals surface area contributed by atoms with Crippen molar-refractivity contribution in [2.75, 3.05) is 26.2 Å². The molecule has 1 fully saturated rings. The van der Waals surface area contributed by atoms with Crippen molar-refractivity contribution in [3.05, 3.63) is 99.2 Å². The van der Waals surface area contributed by atoms with Crippen LogP contribution >= 0.6 is 11.3 Å². The summed E-state index contributed by atoms with van der Waals surface area (Å²) in [6.07, 6.45) is 4.02. The first-order chi connectivity index (χ1) is 16.2. The number of likely N-dealkylation sites (tertiary alicyclic amines) is 1. The third kappa shape index (κ3) is 5.00. The fourth-order valence-electron chi connectivity index (χ4n) is 5.12. The highest BCUT2D eigenvalue weighted by Gasteiger charge is 2.22. The maximum atomic E-state index is 6.17. The van der Waals surface area contributed by atoms with Gasteiger partial charge in [0.15, 0.2) is 0 Å². The molecule has 3 aromatic carbocycles. The maximum absolute atomic E-state index is 6.17. The summed E-state index contributed by atoms with van der Waals surface area (Å²) in [5.41, 5.74) is 5.35. The normalized spacial score (nSPS) is 15.6. The molecule has 0 aliphatic carbocycles. The molecule has 0 amide bonds. The predicted octanol–water partition coefficient (Wildman–Crippen LogP) is 7.56. The van der Waals surface area contributed by atoms with E-state index in [1.54, 1.807) is 0 Å². The van der Waals surface area contributed by atoms with Crippen LogP contribution in [0.4, 0.5) is 0 Å². The summed E-state index contributed by atoms with van der Waals surface area (Å²) in [6, 6.07) is 24.5. The fraction of sp³-hybridized carbons (Fsp3) is 0.333. The lowest BCUT2D eigenvalue weighted by atomic mass is 9.84. The smallest absolute Gasteiger partial charge is 0.119 e. The van der Waals surface area contributed by atoms with Gasteiger partial charge in [-0.25, -0.2) is 0 Å². The summed E-state index contributed by atoms with van der Waals surface area (Å²) in [5.74, 6) is 1.20. The van der Waals surface area contributed by atoms with E-state index in [0.29, 0.717) is 0 Å². The zero-order valence-corrected chi connectivity index (χ0v) is 20.5. The van der Waals surface area contributed by atoms with Crippen LogP contribution in [0.3, 0.4) is 0 Å². The summed E-state index contributed by atoms with van der Waals surface area (Å²) in [4.78, 5) is 3.92. The highest BCUT2D eigenvalue weighted by Crippen LogP contribution is 2.40. The number of fused-ring (bicyclic) bond motifs is 1. The third-order valence-corrected chi connectivity index (χ3v) is 7.96. The van der Waals surface area contributed by atoms with Gasteiger partial charge >= 0.3 is 0 Å². The molecule has 4 aromatic rings. The van der Waals surface area contributed by atoms with Crippen molar-refractivity contribution in [1.82, 2.24) is 4.90 Å². The minimum Gasteiger partial charge on any atom is -0.492 e. The van der Waals surface area contributed by atoms with E-state index in [4.69, 9.17) is 4.74 Å². The molecular weight excluding hydrogens is 422 g/mol. The number of thiophene rings is 1. The van der Waals surface area contributed by atoms with Gasteiger partial charge in [-0.3, -0.25) is 4.90 Å². The van der Waals surface area contributed by atoms with E-state index in [1.807, 2.05) is 11.3 Å². The lowest BCUT2D eigenvalue weighted by Crippen LogP contribution is -2.33. The molecule has 1 unspecified atom stereocenters. The Balaban J connectivity index is 1.44. The fourth-order valence-corrected chi connectivity index (χ4v) is 6.15. The van der Waals surface area contributed by atoms with Gasteiger partial charge in [-0.15, -0.1) is 11.3 Å². The molecule has 170 valence electrons. The highest BCUT2D eigenvalue weighted by atomic mass is 32.1. The summed E-state index contributed by atoms with van der Waals surface area (Å²) in [7, 11) is 0. The van der Waals surface area contributed by atoms with Crippen molar-refractivity contribution in [3.63, 3.8) is 0 Å². The molecule has 2 heterocycles. The molecule has 0 saturated carbocycles. The van der Waals surface area contributed by atoms with Crippen LogP contribution in [0.2, 0.25) is 0 Å². The van der Waals surface area contributed by atoms with Crippen molar-refractivity contribution in [2.24, 2.45) is 0 Å². The Kier molecular flexibility index (Phi) is 6.80. The molecule has 0 N–H and O–H groups in total. The molecule has 3 heteroatoms. The summed E-state index contributed by atoms with van der Waals surface area (Å²) in [6.45, 7) is 8.63. The number of aryl methyl sites for hydroxylation is 2. The van der Waals surface area contributed by atoms with Gasteiger partial charge in [-0.1, -0.05) is 55.0 Å². The van der Waals surface area contributed by atoms with Crippen LogP contribution in [0.25, 0.3) is 10.8 Å². The predicted molar refractivity (Wildman–Crippen MR) is 141 cm³/mol. The van der Waals surface area contributed by atoms with Gasteiger partial charge in [-0.2, -0.15) is 0 Å². The topological polar surface area (TPSA) is 12.5 Å². The van der Waals surface area contributed by atoms with Crippen LogP contribution in [-0.4, -0.2) is 31.1 Å². The minimum absolute atomic E-state index is 0.220. The molecule has 2 nitrogen and oxygen atoms in total. The van der Waals surface area contributed by atoms with Crippen LogP contribution < -0.4 is 4.74 Å². The maximum Gasteiger partial charge on any atom is 0.119 e. The summed E-state index contributed by atoms with van der Waals surface area (Å²) in [5, 5.41) is 4.89. The Morgan fingerprint density at radius 2 is 1.70 bits per heavy atom. The average molecular weight is 456 g/mol. The molecule has 0 radical (unpaired) electrons. The van der Waals surface area contributed by atoms with Crippen LogP contribution in [0.1, 0.15) is 52.3 Å². The highest BCUT2D eigenvalue weighted by molar-refractivity contribution is 7.10. The average Bonchev–Trinajstić information content (AvgIpc) is 3.27. The van der Waals surface area contributed by atoms with Gasteiger partial charge in [-0.05, 0) is 96.4 Å². The number of rotatable bonds is 7. The van der Waals surface area contributed by atoms with E-state index in [2.05, 4.69) is 90.9 Å². The molecule has 1 aromatic heterocycles. The lowest BCUT2D eigenvalue weighted by Gasteiger charge is -2.26. The monoisotopic (exact) mass is 455 g/mol. The number of hydrogen-bond acceptors (Lipinski definition) is 3. The number of nitrogens with zero attached hydrogens (tertiary/aromatic N) is 1. The summed E-state index contributed by atoms with van der Waals surface area (Å²) >= 11 is 1.86. The third-order valence-electron chi connectivity index (χ3n) is 6.85. The number of piperidine rings is 1. The largest absolute Gasteiger partial charge is 0.492 e. The molecule has 0 spiro atoms. The van der Waals surface area contributed by atoms with Crippen molar-refractivity contribution < 1.29 is 4.74 Å². The van der Waals surface area contributed by atoms with Crippen LogP contribution in [0, 0.1) is 13.8 Å². The van der Waals surface area contributed by atoms with E-state index in [-0.39, 0.29) is 5.92 Å². The van der Waals surface area contributed by atoms with E-state index in [9.17, 15) is 0 Å². The van der Waals surface area contributed by atoms with E-state index >= 15 is 0 Å². The molecule has 1 aliphatic heterocycles.